The summed E-state index contributed by atoms with van der Waals surface area (Å²) in [6, 6.07) is 18.6. The second-order valence-electron chi connectivity index (χ2n) is 10.6. The molecule has 47 heavy (non-hydrogen) atoms. The largest absolute Gasteiger partial charge is 0.505 e. The highest BCUT2D eigenvalue weighted by molar-refractivity contribution is 5.61. The molecule has 4 N–H and O–H groups in total. The standard InChI is InChI=1S/C33H34N6O8/c40-16-6-8-22-18-24(32(42)28(20-22)36-34-26-12-1-3-14-30(26)38(44)45)10-5-11-25-19-23(9-7-17-41)21-29(33(25)43)37-35-27-13-2-4-15-31(27)39(46)47/h1-4,12-15,18-21,40-43H,5-11,16-17H2. The second kappa shape index (κ2) is 16.6. The number of benzene rings is 4. The molecule has 14 nitrogen and oxygen atoms in total. The predicted molar refractivity (Wildman–Crippen MR) is 174 cm³/mol. The topological polar surface area (TPSA) is 217 Å². The van der Waals surface area contributed by atoms with Gasteiger partial charge in [0.1, 0.15) is 22.9 Å². The summed E-state index contributed by atoms with van der Waals surface area (Å²) < 4.78 is 0. The fourth-order valence-corrected chi connectivity index (χ4v) is 4.96. The van der Waals surface area contributed by atoms with Crippen molar-refractivity contribution in [1.82, 2.24) is 0 Å². The molecule has 0 amide bonds. The second-order valence-corrected chi connectivity index (χ2v) is 10.6. The third kappa shape index (κ3) is 9.22. The van der Waals surface area contributed by atoms with Gasteiger partial charge in [0.2, 0.25) is 0 Å². The molecule has 0 atom stereocenters. The summed E-state index contributed by atoms with van der Waals surface area (Å²) in [5, 5.41) is 79.9. The van der Waals surface area contributed by atoms with Gasteiger partial charge in [-0.05, 0) is 91.5 Å². The summed E-state index contributed by atoms with van der Waals surface area (Å²) in [6.07, 6.45) is 3.14. The third-order valence-corrected chi connectivity index (χ3v) is 7.28. The maximum atomic E-state index is 11.4. The molecule has 0 spiro atoms. The smallest absolute Gasteiger partial charge is 0.296 e. The minimum absolute atomic E-state index is 0.0330. The van der Waals surface area contributed by atoms with E-state index in [-0.39, 0.29) is 58.8 Å². The van der Waals surface area contributed by atoms with Crippen molar-refractivity contribution in [3.63, 3.8) is 0 Å². The monoisotopic (exact) mass is 642 g/mol. The first-order chi connectivity index (χ1) is 22.7. The highest BCUT2D eigenvalue weighted by Gasteiger charge is 2.16. The van der Waals surface area contributed by atoms with Gasteiger partial charge in [0.05, 0.1) is 9.85 Å². The number of para-hydroxylation sites is 2. The lowest BCUT2D eigenvalue weighted by atomic mass is 9.97. The Morgan fingerprint density at radius 2 is 0.915 bits per heavy atom. The van der Waals surface area contributed by atoms with Crippen molar-refractivity contribution in [2.45, 2.75) is 44.9 Å². The van der Waals surface area contributed by atoms with Gasteiger partial charge in [0.15, 0.2) is 11.4 Å². The van der Waals surface area contributed by atoms with Crippen LogP contribution in [0.5, 0.6) is 11.5 Å². The summed E-state index contributed by atoms with van der Waals surface area (Å²) in [7, 11) is 0. The number of nitro groups is 2. The molecule has 0 aromatic heterocycles. The molecule has 4 aromatic carbocycles. The highest BCUT2D eigenvalue weighted by atomic mass is 16.6. The van der Waals surface area contributed by atoms with Crippen molar-refractivity contribution in [2.75, 3.05) is 13.2 Å². The fraction of sp³-hybridized carbons (Fsp3) is 0.273. The minimum atomic E-state index is -0.566. The predicted octanol–water partition coefficient (Wildman–Crippen LogP) is 7.77. The lowest BCUT2D eigenvalue weighted by Crippen LogP contribution is -1.97. The lowest BCUT2D eigenvalue weighted by Gasteiger charge is -2.13. The number of rotatable bonds is 16. The Bertz CT molecular complexity index is 1660. The Labute approximate surface area is 269 Å². The number of aryl methyl sites for hydroxylation is 4. The van der Waals surface area contributed by atoms with Crippen LogP contribution in [0.3, 0.4) is 0 Å². The molecule has 0 aliphatic carbocycles. The molecule has 4 rings (SSSR count). The number of aliphatic hydroxyl groups excluding tert-OH is 2. The van der Waals surface area contributed by atoms with Gasteiger partial charge in [-0.3, -0.25) is 20.2 Å². The molecule has 0 aliphatic heterocycles. The number of aromatic hydroxyl groups is 2. The van der Waals surface area contributed by atoms with Gasteiger partial charge in [-0.25, -0.2) is 0 Å². The van der Waals surface area contributed by atoms with Crippen molar-refractivity contribution in [3.8, 4) is 11.5 Å². The average molecular weight is 643 g/mol. The molecule has 0 saturated heterocycles. The zero-order valence-electron chi connectivity index (χ0n) is 25.4. The Kier molecular flexibility index (Phi) is 12.1. The van der Waals surface area contributed by atoms with Gasteiger partial charge in [-0.15, -0.1) is 20.5 Å². The lowest BCUT2D eigenvalue weighted by molar-refractivity contribution is -0.384. The van der Waals surface area contributed by atoms with Gasteiger partial charge < -0.3 is 20.4 Å². The zero-order chi connectivity index (χ0) is 33.8. The van der Waals surface area contributed by atoms with Crippen molar-refractivity contribution in [1.29, 1.82) is 0 Å². The molecule has 0 heterocycles. The number of aliphatic hydroxyl groups is 2. The minimum Gasteiger partial charge on any atom is -0.505 e. The molecule has 4 aromatic rings. The van der Waals surface area contributed by atoms with Crippen LogP contribution in [0.4, 0.5) is 34.1 Å². The van der Waals surface area contributed by atoms with E-state index in [4.69, 9.17) is 0 Å². The molecule has 0 unspecified atom stereocenters. The SMILES string of the molecule is O=[N+]([O-])c1ccccc1N=Nc1cc(CCCO)cc(CCCc2cc(CCCO)cc(N=Nc3ccccc3[N+](=O)[O-])c2O)c1O. The third-order valence-electron chi connectivity index (χ3n) is 7.28. The fourth-order valence-electron chi connectivity index (χ4n) is 4.96. The van der Waals surface area contributed by atoms with Crippen LogP contribution in [0.1, 0.15) is 41.5 Å². The van der Waals surface area contributed by atoms with Crippen molar-refractivity contribution < 1.29 is 30.3 Å². The Balaban J connectivity index is 1.60. The number of phenols is 2. The number of nitrogens with zero attached hydrogens (tertiary/aromatic N) is 6. The van der Waals surface area contributed by atoms with Crippen molar-refractivity contribution in [3.05, 3.63) is 115 Å². The maximum Gasteiger partial charge on any atom is 0.296 e. The van der Waals surface area contributed by atoms with E-state index in [1.54, 1.807) is 36.4 Å². The molecule has 0 radical (unpaired) electrons. The Morgan fingerprint density at radius 3 is 1.30 bits per heavy atom. The van der Waals surface area contributed by atoms with Crippen LogP contribution in [0, 0.1) is 20.2 Å². The summed E-state index contributed by atoms with van der Waals surface area (Å²) in [6.45, 7) is -0.0705. The van der Waals surface area contributed by atoms with Gasteiger partial charge >= 0.3 is 0 Å². The maximum absolute atomic E-state index is 11.4. The van der Waals surface area contributed by atoms with Gasteiger partial charge in [-0.2, -0.15) is 0 Å². The van der Waals surface area contributed by atoms with Crippen LogP contribution in [-0.2, 0) is 25.7 Å². The van der Waals surface area contributed by atoms with Crippen LogP contribution in [0.25, 0.3) is 0 Å². The van der Waals surface area contributed by atoms with Gasteiger partial charge in [-0.1, -0.05) is 36.4 Å². The number of azo groups is 2. The Hall–Kier alpha value is -5.60. The van der Waals surface area contributed by atoms with E-state index in [9.17, 15) is 40.7 Å². The molecule has 0 aliphatic rings. The molecular weight excluding hydrogens is 608 g/mol. The quantitative estimate of drug-likeness (QED) is 0.0536. The van der Waals surface area contributed by atoms with Crippen molar-refractivity contribution in [2.24, 2.45) is 20.5 Å². The molecule has 0 saturated carbocycles. The number of phenolic OH excluding ortho intramolecular Hbond substituents is 2. The van der Waals surface area contributed by atoms with E-state index < -0.39 is 9.85 Å². The zero-order valence-corrected chi connectivity index (χ0v) is 25.4. The summed E-state index contributed by atoms with van der Waals surface area (Å²) >= 11 is 0. The normalized spacial score (nSPS) is 11.4. The first-order valence-electron chi connectivity index (χ1n) is 14.9. The molecule has 244 valence electrons. The first kappa shape index (κ1) is 34.3. The van der Waals surface area contributed by atoms with E-state index in [0.29, 0.717) is 56.1 Å². The van der Waals surface area contributed by atoms with Crippen LogP contribution >= 0.6 is 0 Å². The van der Waals surface area contributed by atoms with E-state index in [2.05, 4.69) is 20.5 Å². The van der Waals surface area contributed by atoms with Gasteiger partial charge in [0, 0.05) is 25.3 Å². The van der Waals surface area contributed by atoms with E-state index in [1.807, 2.05) is 0 Å². The van der Waals surface area contributed by atoms with E-state index in [1.165, 1.54) is 36.4 Å². The molecule has 0 bridgehead atoms. The molecule has 14 heteroatoms. The molecule has 0 fully saturated rings. The van der Waals surface area contributed by atoms with Gasteiger partial charge in [0.25, 0.3) is 11.4 Å². The summed E-state index contributed by atoms with van der Waals surface area (Å²) in [4.78, 5) is 21.6. The number of hydrogen-bond acceptors (Lipinski definition) is 12. The van der Waals surface area contributed by atoms with E-state index >= 15 is 0 Å². The molecular formula is C33H34N6O8. The summed E-state index contributed by atoms with van der Waals surface area (Å²) in [5.74, 6) is -0.278. The highest BCUT2D eigenvalue weighted by Crippen LogP contribution is 2.38. The van der Waals surface area contributed by atoms with Crippen LogP contribution < -0.4 is 0 Å². The first-order valence-corrected chi connectivity index (χ1v) is 14.9. The summed E-state index contributed by atoms with van der Waals surface area (Å²) in [5.41, 5.74) is 2.53. The number of hydrogen-bond donors (Lipinski definition) is 4. The number of nitro benzene ring substituents is 2. The van der Waals surface area contributed by atoms with Crippen LogP contribution in [-0.4, -0.2) is 43.5 Å². The van der Waals surface area contributed by atoms with Crippen molar-refractivity contribution >= 4 is 34.1 Å². The average Bonchev–Trinajstić information content (AvgIpc) is 3.07. The van der Waals surface area contributed by atoms with E-state index in [0.717, 1.165) is 11.1 Å². The Morgan fingerprint density at radius 1 is 0.532 bits per heavy atom. The van der Waals surface area contributed by atoms with Crippen LogP contribution in [0.15, 0.2) is 93.3 Å². The van der Waals surface area contributed by atoms with Crippen LogP contribution in [0.2, 0.25) is 0 Å².